The number of aliphatic hydroxyl groups is 1. The van der Waals surface area contributed by atoms with Gasteiger partial charge < -0.3 is 5.11 Å². The van der Waals surface area contributed by atoms with E-state index in [-0.39, 0.29) is 6.10 Å². The fraction of sp³-hybridized carbons (Fsp3) is 0.833. The molecule has 2 bridgehead atoms. The molecule has 0 aromatic rings. The Morgan fingerprint density at radius 1 is 1.08 bits per heavy atom. The highest BCUT2D eigenvalue weighted by Gasteiger charge is 2.35. The van der Waals surface area contributed by atoms with E-state index in [0.29, 0.717) is 0 Å². The van der Waals surface area contributed by atoms with Crippen LogP contribution in [0.5, 0.6) is 0 Å². The van der Waals surface area contributed by atoms with Gasteiger partial charge in [0.25, 0.3) is 0 Å². The average Bonchev–Trinajstić information content (AvgIpc) is 2.01. The van der Waals surface area contributed by atoms with Crippen molar-refractivity contribution >= 4 is 0 Å². The molecular weight excluding hydrogens is 160 g/mol. The van der Waals surface area contributed by atoms with Gasteiger partial charge in [-0.2, -0.15) is 0 Å². The Hall–Kier alpha value is -0.300. The van der Waals surface area contributed by atoms with Crippen molar-refractivity contribution in [1.29, 1.82) is 0 Å². The van der Waals surface area contributed by atoms with Gasteiger partial charge in [0.2, 0.25) is 0 Å². The van der Waals surface area contributed by atoms with Gasteiger partial charge in [-0.05, 0) is 56.8 Å². The zero-order chi connectivity index (χ0) is 9.42. The van der Waals surface area contributed by atoms with Crippen molar-refractivity contribution in [3.8, 4) is 0 Å². The lowest BCUT2D eigenvalue weighted by atomic mass is 9.66. The minimum absolute atomic E-state index is 0.00479. The Bertz CT molecular complexity index is 191. The summed E-state index contributed by atoms with van der Waals surface area (Å²) < 4.78 is 0. The molecule has 0 aliphatic heterocycles. The van der Waals surface area contributed by atoms with Crippen LogP contribution in [0.3, 0.4) is 0 Å². The Labute approximate surface area is 80.8 Å². The third-order valence-electron chi connectivity index (χ3n) is 3.81. The highest BCUT2D eigenvalue weighted by atomic mass is 16.3. The summed E-state index contributed by atoms with van der Waals surface area (Å²) in [7, 11) is 0. The number of allylic oxidation sites excluding steroid dienone is 1. The van der Waals surface area contributed by atoms with Crippen molar-refractivity contribution in [2.45, 2.75) is 45.1 Å². The summed E-state index contributed by atoms with van der Waals surface area (Å²) in [6, 6.07) is 0. The van der Waals surface area contributed by atoms with E-state index in [4.69, 9.17) is 0 Å². The van der Waals surface area contributed by atoms with Crippen LogP contribution in [0.4, 0.5) is 0 Å². The van der Waals surface area contributed by atoms with Gasteiger partial charge in [-0.25, -0.2) is 0 Å². The maximum Gasteiger partial charge on any atom is 0.0545 e. The van der Waals surface area contributed by atoms with Gasteiger partial charge in [0.1, 0.15) is 0 Å². The van der Waals surface area contributed by atoms with Gasteiger partial charge in [-0.1, -0.05) is 12.2 Å². The fourth-order valence-electron chi connectivity index (χ4n) is 3.22. The molecule has 2 aliphatic carbocycles. The Kier molecular flexibility index (Phi) is 2.46. The normalized spacial score (nSPS) is 44.5. The Balaban J connectivity index is 2.01. The molecule has 0 aromatic carbocycles. The molecule has 2 fully saturated rings. The minimum Gasteiger partial charge on any atom is -0.393 e. The highest BCUT2D eigenvalue weighted by molar-refractivity contribution is 5.01. The summed E-state index contributed by atoms with van der Waals surface area (Å²) in [6.07, 6.45) is 6.00. The van der Waals surface area contributed by atoms with Gasteiger partial charge in [0.05, 0.1) is 6.10 Å². The topological polar surface area (TPSA) is 20.2 Å². The lowest BCUT2D eigenvalue weighted by Crippen LogP contribution is -2.33. The number of fused-ring (bicyclic) bond motifs is 2. The second-order valence-electron chi connectivity index (χ2n) is 5.11. The summed E-state index contributed by atoms with van der Waals surface area (Å²) in [6.45, 7) is 6.22. The van der Waals surface area contributed by atoms with Gasteiger partial charge in [-0.3, -0.25) is 0 Å². The molecule has 74 valence electrons. The van der Waals surface area contributed by atoms with Crippen LogP contribution in [0, 0.1) is 17.8 Å². The fourth-order valence-corrected chi connectivity index (χ4v) is 3.22. The first-order valence-corrected chi connectivity index (χ1v) is 5.48. The molecule has 0 radical (unpaired) electrons. The third kappa shape index (κ3) is 1.96. The zero-order valence-electron chi connectivity index (χ0n) is 8.50. The molecule has 2 unspecified atom stereocenters. The summed E-state index contributed by atoms with van der Waals surface area (Å²) in [4.78, 5) is 0. The SMILES string of the molecule is C=C(C)C1CC2CC(O)CC(C2)C1. The van der Waals surface area contributed by atoms with Crippen molar-refractivity contribution in [3.05, 3.63) is 12.2 Å². The molecule has 1 N–H and O–H groups in total. The van der Waals surface area contributed by atoms with Crippen molar-refractivity contribution in [2.75, 3.05) is 0 Å². The third-order valence-corrected chi connectivity index (χ3v) is 3.81. The van der Waals surface area contributed by atoms with E-state index in [9.17, 15) is 5.11 Å². The maximum absolute atomic E-state index is 9.62. The van der Waals surface area contributed by atoms with E-state index in [1.54, 1.807) is 0 Å². The first kappa shape index (κ1) is 9.26. The van der Waals surface area contributed by atoms with Crippen LogP contribution >= 0.6 is 0 Å². The second kappa shape index (κ2) is 3.45. The van der Waals surface area contributed by atoms with Gasteiger partial charge in [0, 0.05) is 0 Å². The highest BCUT2D eigenvalue weighted by Crippen LogP contribution is 2.44. The number of aliphatic hydroxyl groups excluding tert-OH is 1. The molecular formula is C12H20O. The molecule has 2 saturated carbocycles. The Morgan fingerprint density at radius 2 is 1.62 bits per heavy atom. The van der Waals surface area contributed by atoms with E-state index in [2.05, 4.69) is 13.5 Å². The van der Waals surface area contributed by atoms with Gasteiger partial charge >= 0.3 is 0 Å². The van der Waals surface area contributed by atoms with E-state index in [0.717, 1.165) is 30.6 Å². The standard InChI is InChI=1S/C12H20O/c1-8(2)11-4-9-3-10(5-11)7-12(13)6-9/h9-13H,1,3-7H2,2H3. The quantitative estimate of drug-likeness (QED) is 0.615. The zero-order valence-corrected chi connectivity index (χ0v) is 8.50. The molecule has 13 heavy (non-hydrogen) atoms. The average molecular weight is 180 g/mol. The van der Waals surface area contributed by atoms with Crippen LogP contribution in [-0.4, -0.2) is 11.2 Å². The molecule has 1 nitrogen and oxygen atoms in total. The molecule has 2 atom stereocenters. The van der Waals surface area contributed by atoms with Crippen LogP contribution in [-0.2, 0) is 0 Å². The molecule has 0 amide bonds. The molecule has 2 rings (SSSR count). The Morgan fingerprint density at radius 3 is 2.08 bits per heavy atom. The molecule has 0 heterocycles. The van der Waals surface area contributed by atoms with E-state index in [1.807, 2.05) is 0 Å². The van der Waals surface area contributed by atoms with Crippen LogP contribution in [0.2, 0.25) is 0 Å². The lowest BCUT2D eigenvalue weighted by molar-refractivity contribution is 0.0329. The van der Waals surface area contributed by atoms with E-state index >= 15 is 0 Å². The summed E-state index contributed by atoms with van der Waals surface area (Å²) in [5.41, 5.74) is 1.35. The predicted octanol–water partition coefficient (Wildman–Crippen LogP) is 2.75. The summed E-state index contributed by atoms with van der Waals surface area (Å²) >= 11 is 0. The van der Waals surface area contributed by atoms with Crippen LogP contribution < -0.4 is 0 Å². The number of hydrogen-bond donors (Lipinski definition) is 1. The predicted molar refractivity (Wildman–Crippen MR) is 54.4 cm³/mol. The van der Waals surface area contributed by atoms with Crippen LogP contribution in [0.1, 0.15) is 39.0 Å². The number of rotatable bonds is 1. The minimum atomic E-state index is -0.00479. The smallest absolute Gasteiger partial charge is 0.0545 e. The first-order valence-electron chi connectivity index (χ1n) is 5.48. The van der Waals surface area contributed by atoms with E-state index < -0.39 is 0 Å². The number of hydrogen-bond acceptors (Lipinski definition) is 1. The summed E-state index contributed by atoms with van der Waals surface area (Å²) in [5, 5.41) is 9.62. The van der Waals surface area contributed by atoms with E-state index in [1.165, 1.54) is 24.8 Å². The van der Waals surface area contributed by atoms with Gasteiger partial charge in [-0.15, -0.1) is 0 Å². The monoisotopic (exact) mass is 180 g/mol. The van der Waals surface area contributed by atoms with Gasteiger partial charge in [0.15, 0.2) is 0 Å². The molecule has 0 saturated heterocycles. The van der Waals surface area contributed by atoms with Crippen LogP contribution in [0.15, 0.2) is 12.2 Å². The van der Waals surface area contributed by atoms with Crippen molar-refractivity contribution in [1.82, 2.24) is 0 Å². The van der Waals surface area contributed by atoms with Crippen molar-refractivity contribution in [3.63, 3.8) is 0 Å². The lowest BCUT2D eigenvalue weighted by Gasteiger charge is -2.41. The second-order valence-corrected chi connectivity index (χ2v) is 5.11. The van der Waals surface area contributed by atoms with Crippen molar-refractivity contribution in [2.24, 2.45) is 17.8 Å². The maximum atomic E-state index is 9.62. The summed E-state index contributed by atoms with van der Waals surface area (Å²) in [5.74, 6) is 2.31. The molecule has 0 aromatic heterocycles. The molecule has 0 spiro atoms. The van der Waals surface area contributed by atoms with Crippen molar-refractivity contribution < 1.29 is 5.11 Å². The molecule has 1 heteroatoms. The first-order chi connectivity index (χ1) is 6.15. The largest absolute Gasteiger partial charge is 0.393 e. The van der Waals surface area contributed by atoms with Crippen LogP contribution in [0.25, 0.3) is 0 Å². The molecule has 2 aliphatic rings.